The molecule has 0 radical (unpaired) electrons. The summed E-state index contributed by atoms with van der Waals surface area (Å²) >= 11 is 0. The molecule has 1 N–H and O–H groups in total. The third-order valence-electron chi connectivity index (χ3n) is 6.67. The van der Waals surface area contributed by atoms with Crippen molar-refractivity contribution in [2.45, 2.75) is 32.4 Å². The number of aromatic hydroxyl groups is 1. The van der Waals surface area contributed by atoms with Gasteiger partial charge in [-0.1, -0.05) is 42.5 Å². The predicted octanol–water partition coefficient (Wildman–Crippen LogP) is 3.79. The van der Waals surface area contributed by atoms with Crippen LogP contribution in [0.2, 0.25) is 0 Å². The van der Waals surface area contributed by atoms with Crippen LogP contribution < -0.4 is 0 Å². The second-order valence-electron chi connectivity index (χ2n) is 8.68. The molecule has 3 heterocycles. The van der Waals surface area contributed by atoms with Crippen LogP contribution >= 0.6 is 0 Å². The first-order valence-corrected chi connectivity index (χ1v) is 11.3. The third kappa shape index (κ3) is 3.67. The van der Waals surface area contributed by atoms with Crippen LogP contribution in [-0.2, 0) is 19.4 Å². The van der Waals surface area contributed by atoms with Crippen LogP contribution in [-0.4, -0.2) is 50.9 Å². The number of rotatable bonds is 5. The number of likely N-dealkylation sites (N-methyl/N-ethyl adjacent to an activating group) is 1. The van der Waals surface area contributed by atoms with E-state index in [4.69, 9.17) is 0 Å². The Morgan fingerprint density at radius 3 is 2.39 bits per heavy atom. The molecule has 33 heavy (non-hydrogen) atoms. The Labute approximate surface area is 191 Å². The number of amides is 2. The van der Waals surface area contributed by atoms with E-state index in [0.717, 1.165) is 16.8 Å². The van der Waals surface area contributed by atoms with Crippen molar-refractivity contribution in [3.8, 4) is 5.75 Å². The summed E-state index contributed by atoms with van der Waals surface area (Å²) in [4.78, 5) is 30.0. The lowest BCUT2D eigenvalue weighted by Gasteiger charge is -2.36. The fourth-order valence-electron chi connectivity index (χ4n) is 5.05. The largest absolute Gasteiger partial charge is 0.505 e. The molecule has 2 aliphatic rings. The van der Waals surface area contributed by atoms with Crippen LogP contribution in [0, 0.1) is 5.82 Å². The Balaban J connectivity index is 1.53. The average Bonchev–Trinajstić information content (AvgIpc) is 3.13. The van der Waals surface area contributed by atoms with E-state index in [1.54, 1.807) is 21.9 Å². The summed E-state index contributed by atoms with van der Waals surface area (Å²) in [5, 5.41) is 11.1. The van der Waals surface area contributed by atoms with Crippen molar-refractivity contribution in [1.82, 2.24) is 14.4 Å². The Bertz CT molecular complexity index is 1200. The summed E-state index contributed by atoms with van der Waals surface area (Å²) in [5.74, 6) is -1.09. The molecule has 0 saturated heterocycles. The highest BCUT2D eigenvalue weighted by atomic mass is 19.1. The normalized spacial score (nSPS) is 17.8. The standard InChI is InChI=1S/C26H26FN3O3/c1-2-28-16-20(14-17-6-4-3-5-7-17)30-21-12-13-29(15-18-8-10-19(27)11-9-18)25(32)22(21)24(31)23(30)26(28)33/h3-11,20,31H,2,12-16H2,1H3. The molecule has 6 nitrogen and oxygen atoms in total. The lowest BCUT2D eigenvalue weighted by molar-refractivity contribution is 0.0667. The van der Waals surface area contributed by atoms with Crippen molar-refractivity contribution in [3.63, 3.8) is 0 Å². The maximum atomic E-state index is 13.4. The van der Waals surface area contributed by atoms with Gasteiger partial charge in [0.25, 0.3) is 11.8 Å². The van der Waals surface area contributed by atoms with E-state index < -0.39 is 0 Å². The molecule has 1 atom stereocenters. The van der Waals surface area contributed by atoms with Gasteiger partial charge >= 0.3 is 0 Å². The molecule has 5 rings (SSSR count). The number of hydrogen-bond donors (Lipinski definition) is 1. The highest BCUT2D eigenvalue weighted by Crippen LogP contribution is 2.40. The quantitative estimate of drug-likeness (QED) is 0.647. The summed E-state index contributed by atoms with van der Waals surface area (Å²) < 4.78 is 15.2. The van der Waals surface area contributed by atoms with E-state index in [0.29, 0.717) is 39.0 Å². The highest BCUT2D eigenvalue weighted by Gasteiger charge is 2.42. The van der Waals surface area contributed by atoms with Crippen LogP contribution in [0.25, 0.3) is 0 Å². The van der Waals surface area contributed by atoms with Gasteiger partial charge in [0.1, 0.15) is 11.4 Å². The highest BCUT2D eigenvalue weighted by molar-refractivity contribution is 6.06. The Morgan fingerprint density at radius 1 is 0.970 bits per heavy atom. The van der Waals surface area contributed by atoms with E-state index in [1.807, 2.05) is 29.7 Å². The van der Waals surface area contributed by atoms with Gasteiger partial charge < -0.3 is 19.5 Å². The van der Waals surface area contributed by atoms with Crippen LogP contribution in [0.5, 0.6) is 5.75 Å². The predicted molar refractivity (Wildman–Crippen MR) is 122 cm³/mol. The minimum absolute atomic E-state index is 0.0638. The van der Waals surface area contributed by atoms with Crippen molar-refractivity contribution in [1.29, 1.82) is 0 Å². The SMILES string of the molecule is CCN1CC(Cc2ccccc2)n2c3c(c(O)c2C1=O)C(=O)N(Cc1ccc(F)cc1)CC3. The van der Waals surface area contributed by atoms with Crippen LogP contribution in [0.15, 0.2) is 54.6 Å². The van der Waals surface area contributed by atoms with E-state index >= 15 is 0 Å². The molecular weight excluding hydrogens is 421 g/mol. The molecule has 1 aromatic heterocycles. The molecule has 0 spiro atoms. The number of nitrogens with zero attached hydrogens (tertiary/aromatic N) is 3. The van der Waals surface area contributed by atoms with Gasteiger partial charge in [-0.05, 0) is 36.6 Å². The van der Waals surface area contributed by atoms with Crippen molar-refractivity contribution in [2.24, 2.45) is 0 Å². The molecule has 0 bridgehead atoms. The first-order chi connectivity index (χ1) is 16.0. The zero-order valence-corrected chi connectivity index (χ0v) is 18.5. The van der Waals surface area contributed by atoms with E-state index in [9.17, 15) is 19.1 Å². The lowest BCUT2D eigenvalue weighted by atomic mass is 10.0. The van der Waals surface area contributed by atoms with Gasteiger partial charge in [0.05, 0.1) is 6.04 Å². The summed E-state index contributed by atoms with van der Waals surface area (Å²) in [6, 6.07) is 16.0. The van der Waals surface area contributed by atoms with Crippen molar-refractivity contribution < 1.29 is 19.1 Å². The van der Waals surface area contributed by atoms with Gasteiger partial charge in [-0.2, -0.15) is 0 Å². The average molecular weight is 448 g/mol. The Kier molecular flexibility index (Phi) is 5.40. The maximum absolute atomic E-state index is 13.4. The van der Waals surface area contributed by atoms with Gasteiger partial charge in [-0.3, -0.25) is 9.59 Å². The minimum atomic E-state index is -0.327. The van der Waals surface area contributed by atoms with Gasteiger partial charge in [-0.15, -0.1) is 0 Å². The smallest absolute Gasteiger partial charge is 0.274 e. The van der Waals surface area contributed by atoms with Crippen molar-refractivity contribution in [3.05, 3.63) is 88.5 Å². The third-order valence-corrected chi connectivity index (χ3v) is 6.67. The molecule has 3 aromatic rings. The fraction of sp³-hybridized carbons (Fsp3) is 0.308. The Morgan fingerprint density at radius 2 is 1.70 bits per heavy atom. The van der Waals surface area contributed by atoms with E-state index in [2.05, 4.69) is 12.1 Å². The molecule has 1 unspecified atom stereocenters. The zero-order valence-electron chi connectivity index (χ0n) is 18.5. The van der Waals surface area contributed by atoms with Crippen LogP contribution in [0.4, 0.5) is 4.39 Å². The lowest BCUT2D eigenvalue weighted by Crippen LogP contribution is -2.44. The minimum Gasteiger partial charge on any atom is -0.505 e. The van der Waals surface area contributed by atoms with E-state index in [1.165, 1.54) is 12.1 Å². The number of fused-ring (bicyclic) bond motifs is 3. The molecule has 2 aromatic carbocycles. The van der Waals surface area contributed by atoms with E-state index in [-0.39, 0.29) is 40.7 Å². The molecule has 2 amide bonds. The number of hydrogen-bond acceptors (Lipinski definition) is 3. The first kappa shape index (κ1) is 21.2. The topological polar surface area (TPSA) is 65.8 Å². The molecule has 2 aliphatic heterocycles. The van der Waals surface area contributed by atoms with Crippen LogP contribution in [0.1, 0.15) is 50.6 Å². The molecule has 0 fully saturated rings. The second-order valence-corrected chi connectivity index (χ2v) is 8.68. The second kappa shape index (κ2) is 8.39. The first-order valence-electron chi connectivity index (χ1n) is 11.3. The van der Waals surface area contributed by atoms with Crippen molar-refractivity contribution in [2.75, 3.05) is 19.6 Å². The number of carbonyl (C=O) groups is 2. The molecule has 0 saturated carbocycles. The van der Waals surface area contributed by atoms with Gasteiger partial charge in [-0.25, -0.2) is 4.39 Å². The monoisotopic (exact) mass is 447 g/mol. The molecule has 7 heteroatoms. The molecule has 0 aliphatic carbocycles. The maximum Gasteiger partial charge on any atom is 0.274 e. The van der Waals surface area contributed by atoms with Crippen molar-refractivity contribution >= 4 is 11.8 Å². The van der Waals surface area contributed by atoms with Gasteiger partial charge in [0, 0.05) is 38.3 Å². The number of halogens is 1. The number of aromatic nitrogens is 1. The summed E-state index contributed by atoms with van der Waals surface area (Å²) in [6.45, 7) is 3.77. The number of carbonyl (C=O) groups excluding carboxylic acids is 2. The summed E-state index contributed by atoms with van der Waals surface area (Å²) in [7, 11) is 0. The fourth-order valence-corrected chi connectivity index (χ4v) is 5.05. The molecule has 170 valence electrons. The zero-order chi connectivity index (χ0) is 23.1. The van der Waals surface area contributed by atoms with Crippen LogP contribution in [0.3, 0.4) is 0 Å². The summed E-state index contributed by atoms with van der Waals surface area (Å²) in [5.41, 5.74) is 3.12. The number of benzene rings is 2. The van der Waals surface area contributed by atoms with Gasteiger partial charge in [0.15, 0.2) is 11.4 Å². The van der Waals surface area contributed by atoms with Gasteiger partial charge in [0.2, 0.25) is 0 Å². The Hall–Kier alpha value is -3.61. The molecular formula is C26H26FN3O3. The summed E-state index contributed by atoms with van der Waals surface area (Å²) in [6.07, 6.45) is 1.24.